The Morgan fingerprint density at radius 2 is 2.06 bits per heavy atom. The summed E-state index contributed by atoms with van der Waals surface area (Å²) < 4.78 is 26.4. The molecule has 0 aliphatic rings. The number of nitrogens with one attached hydrogen (secondary N) is 1. The molecule has 4 nitrogen and oxygen atoms in total. The van der Waals surface area contributed by atoms with E-state index in [1.54, 1.807) is 0 Å². The van der Waals surface area contributed by atoms with Gasteiger partial charge in [-0.25, -0.2) is 13.1 Å². The zero-order chi connectivity index (χ0) is 13.6. The van der Waals surface area contributed by atoms with E-state index in [1.165, 1.54) is 18.2 Å². The van der Waals surface area contributed by atoms with Crippen molar-refractivity contribution < 1.29 is 13.5 Å². The summed E-state index contributed by atoms with van der Waals surface area (Å²) in [5.74, 6) is 0. The van der Waals surface area contributed by atoms with Crippen LogP contribution in [0.25, 0.3) is 0 Å². The molecule has 1 aromatic carbocycles. The molecule has 0 radical (unpaired) electrons. The van der Waals surface area contributed by atoms with Gasteiger partial charge >= 0.3 is 0 Å². The quantitative estimate of drug-likeness (QED) is 0.758. The van der Waals surface area contributed by atoms with Crippen molar-refractivity contribution in [2.24, 2.45) is 0 Å². The van der Waals surface area contributed by atoms with Crippen LogP contribution < -0.4 is 4.72 Å². The second kappa shape index (κ2) is 7.09. The molecule has 0 aliphatic carbocycles. The first-order valence-corrected chi connectivity index (χ1v) is 7.76. The lowest BCUT2D eigenvalue weighted by atomic mass is 10.2. The highest BCUT2D eigenvalue weighted by atomic mass is 35.5. The smallest absolute Gasteiger partial charge is 0.240 e. The van der Waals surface area contributed by atoms with Crippen molar-refractivity contribution in [2.75, 3.05) is 6.54 Å². The number of hydrogen-bond donors (Lipinski definition) is 2. The van der Waals surface area contributed by atoms with Gasteiger partial charge < -0.3 is 5.11 Å². The van der Waals surface area contributed by atoms with E-state index in [2.05, 4.69) is 11.6 Å². The van der Waals surface area contributed by atoms with Crippen molar-refractivity contribution in [3.05, 3.63) is 28.8 Å². The van der Waals surface area contributed by atoms with Gasteiger partial charge in [-0.05, 0) is 24.1 Å². The van der Waals surface area contributed by atoms with Crippen LogP contribution in [0.2, 0.25) is 5.02 Å². The molecule has 0 amide bonds. The first-order valence-electron chi connectivity index (χ1n) is 5.90. The minimum absolute atomic E-state index is 0.126. The SMILES string of the molecule is CCCCCNS(=O)(=O)c1ccc(CO)c(Cl)c1. The standard InChI is InChI=1S/C12H18ClNO3S/c1-2-3-4-7-14-18(16,17)11-6-5-10(9-15)12(13)8-11/h5-6,8,14-15H,2-4,7,9H2,1H3. The molecule has 0 spiro atoms. The van der Waals surface area contributed by atoms with E-state index in [0.717, 1.165) is 19.3 Å². The molecule has 0 bridgehead atoms. The maximum Gasteiger partial charge on any atom is 0.240 e. The summed E-state index contributed by atoms with van der Waals surface area (Å²) in [5.41, 5.74) is 0.515. The van der Waals surface area contributed by atoms with Gasteiger partial charge in [0, 0.05) is 11.6 Å². The Labute approximate surface area is 113 Å². The maximum absolute atomic E-state index is 11.9. The monoisotopic (exact) mass is 291 g/mol. The number of benzene rings is 1. The summed E-state index contributed by atoms with van der Waals surface area (Å²) in [7, 11) is -3.50. The van der Waals surface area contributed by atoms with Gasteiger partial charge in [0.25, 0.3) is 0 Å². The lowest BCUT2D eigenvalue weighted by molar-refractivity contribution is 0.282. The third kappa shape index (κ3) is 4.24. The van der Waals surface area contributed by atoms with Crippen molar-refractivity contribution in [3.8, 4) is 0 Å². The van der Waals surface area contributed by atoms with Gasteiger partial charge in [0.15, 0.2) is 0 Å². The predicted octanol–water partition coefficient (Wildman–Crippen LogP) is 2.30. The Morgan fingerprint density at radius 3 is 2.61 bits per heavy atom. The predicted molar refractivity (Wildman–Crippen MR) is 72.1 cm³/mol. The normalized spacial score (nSPS) is 11.7. The van der Waals surface area contributed by atoms with Crippen molar-refractivity contribution in [1.82, 2.24) is 4.72 Å². The highest BCUT2D eigenvalue weighted by Gasteiger charge is 2.14. The number of unbranched alkanes of at least 4 members (excludes halogenated alkanes) is 2. The van der Waals surface area contributed by atoms with Gasteiger partial charge in [-0.2, -0.15) is 0 Å². The van der Waals surface area contributed by atoms with Gasteiger partial charge in [0.2, 0.25) is 10.0 Å². The van der Waals surface area contributed by atoms with Crippen LogP contribution >= 0.6 is 11.6 Å². The molecule has 0 atom stereocenters. The molecule has 0 heterocycles. The van der Waals surface area contributed by atoms with Crippen LogP contribution in [0.15, 0.2) is 23.1 Å². The lowest BCUT2D eigenvalue weighted by Crippen LogP contribution is -2.24. The molecular weight excluding hydrogens is 274 g/mol. The molecule has 0 fully saturated rings. The lowest BCUT2D eigenvalue weighted by Gasteiger charge is -2.08. The van der Waals surface area contributed by atoms with E-state index in [-0.39, 0.29) is 16.5 Å². The van der Waals surface area contributed by atoms with Gasteiger partial charge in [0.1, 0.15) is 0 Å². The van der Waals surface area contributed by atoms with Crippen LogP contribution in [-0.2, 0) is 16.6 Å². The first-order chi connectivity index (χ1) is 8.51. The van der Waals surface area contributed by atoms with Crippen LogP contribution in [0.3, 0.4) is 0 Å². The molecule has 0 saturated heterocycles. The molecule has 102 valence electrons. The third-order valence-corrected chi connectivity index (χ3v) is 4.39. The average Bonchev–Trinajstić information content (AvgIpc) is 2.34. The number of sulfonamides is 1. The summed E-state index contributed by atoms with van der Waals surface area (Å²) >= 11 is 5.87. The van der Waals surface area contributed by atoms with E-state index >= 15 is 0 Å². The highest BCUT2D eigenvalue weighted by molar-refractivity contribution is 7.89. The van der Waals surface area contributed by atoms with Gasteiger partial charge in [-0.1, -0.05) is 37.4 Å². The Bertz CT molecular complexity index is 488. The molecule has 2 N–H and O–H groups in total. The van der Waals surface area contributed by atoms with Crippen LogP contribution in [-0.4, -0.2) is 20.1 Å². The van der Waals surface area contributed by atoms with Gasteiger partial charge in [-0.3, -0.25) is 0 Å². The highest BCUT2D eigenvalue weighted by Crippen LogP contribution is 2.20. The van der Waals surface area contributed by atoms with Crippen molar-refractivity contribution in [3.63, 3.8) is 0 Å². The average molecular weight is 292 g/mol. The molecule has 1 rings (SSSR count). The van der Waals surface area contributed by atoms with E-state index in [9.17, 15) is 8.42 Å². The second-order valence-corrected chi connectivity index (χ2v) is 6.19. The summed E-state index contributed by atoms with van der Waals surface area (Å²) in [6.07, 6.45) is 2.85. The van der Waals surface area contributed by atoms with E-state index in [4.69, 9.17) is 16.7 Å². The Balaban J connectivity index is 2.76. The van der Waals surface area contributed by atoms with E-state index in [0.29, 0.717) is 12.1 Å². The fourth-order valence-corrected chi connectivity index (χ4v) is 2.89. The largest absolute Gasteiger partial charge is 0.392 e. The number of rotatable bonds is 7. The Kier molecular flexibility index (Phi) is 6.08. The molecule has 18 heavy (non-hydrogen) atoms. The van der Waals surface area contributed by atoms with Gasteiger partial charge in [0.05, 0.1) is 11.5 Å². The minimum Gasteiger partial charge on any atom is -0.392 e. The number of hydrogen-bond acceptors (Lipinski definition) is 3. The third-order valence-electron chi connectivity index (χ3n) is 2.58. The number of halogens is 1. The molecule has 1 aromatic rings. The Morgan fingerprint density at radius 1 is 1.33 bits per heavy atom. The maximum atomic E-state index is 11.9. The minimum atomic E-state index is -3.50. The molecule has 0 saturated carbocycles. The van der Waals surface area contributed by atoms with E-state index < -0.39 is 10.0 Å². The topological polar surface area (TPSA) is 66.4 Å². The number of aliphatic hydroxyl groups excluding tert-OH is 1. The number of aliphatic hydroxyl groups is 1. The summed E-state index contributed by atoms with van der Waals surface area (Å²) in [4.78, 5) is 0.126. The van der Waals surface area contributed by atoms with Crippen molar-refractivity contribution in [1.29, 1.82) is 0 Å². The first kappa shape index (κ1) is 15.4. The van der Waals surface area contributed by atoms with Crippen LogP contribution in [0.1, 0.15) is 31.7 Å². The fourth-order valence-electron chi connectivity index (χ4n) is 1.49. The molecule has 0 aliphatic heterocycles. The van der Waals surface area contributed by atoms with E-state index in [1.807, 2.05) is 0 Å². The summed E-state index contributed by atoms with van der Waals surface area (Å²) in [6.45, 7) is 2.28. The Hall–Kier alpha value is -0.620. The molecular formula is C12H18ClNO3S. The van der Waals surface area contributed by atoms with Gasteiger partial charge in [-0.15, -0.1) is 0 Å². The zero-order valence-corrected chi connectivity index (χ0v) is 11.9. The summed E-state index contributed by atoms with van der Waals surface area (Å²) in [5, 5.41) is 9.22. The van der Waals surface area contributed by atoms with Crippen molar-refractivity contribution in [2.45, 2.75) is 37.7 Å². The second-order valence-electron chi connectivity index (χ2n) is 4.02. The van der Waals surface area contributed by atoms with Crippen LogP contribution in [0, 0.1) is 0 Å². The summed E-state index contributed by atoms with van der Waals surface area (Å²) in [6, 6.07) is 4.32. The van der Waals surface area contributed by atoms with Crippen LogP contribution in [0.5, 0.6) is 0 Å². The fraction of sp³-hybridized carbons (Fsp3) is 0.500. The molecule has 6 heteroatoms. The molecule has 0 unspecified atom stereocenters. The molecule has 0 aromatic heterocycles. The zero-order valence-electron chi connectivity index (χ0n) is 10.3. The van der Waals surface area contributed by atoms with Crippen molar-refractivity contribution >= 4 is 21.6 Å². The van der Waals surface area contributed by atoms with Crippen LogP contribution in [0.4, 0.5) is 0 Å².